The van der Waals surface area contributed by atoms with Crippen LogP contribution in [0.4, 0.5) is 0 Å². The van der Waals surface area contributed by atoms with Crippen molar-refractivity contribution in [3.05, 3.63) is 54.4 Å². The number of benzene rings is 1. The molecule has 2 heterocycles. The Morgan fingerprint density at radius 3 is 2.78 bits per heavy atom. The van der Waals surface area contributed by atoms with Gasteiger partial charge in [-0.15, -0.1) is 5.10 Å². The maximum Gasteiger partial charge on any atom is 0.138 e. The molecule has 2 aromatic heterocycles. The Morgan fingerprint density at radius 1 is 1.09 bits per heavy atom. The molecule has 1 aliphatic carbocycles. The quantitative estimate of drug-likeness (QED) is 0.745. The highest BCUT2D eigenvalue weighted by molar-refractivity contribution is 5.83. The minimum atomic E-state index is -0.184. The van der Waals surface area contributed by atoms with E-state index in [9.17, 15) is 4.79 Å². The van der Waals surface area contributed by atoms with E-state index in [0.717, 1.165) is 36.0 Å². The van der Waals surface area contributed by atoms with Crippen molar-refractivity contribution >= 4 is 16.8 Å². The average molecular weight is 306 g/mol. The zero-order valence-corrected chi connectivity index (χ0v) is 12.8. The van der Waals surface area contributed by atoms with Crippen LogP contribution >= 0.6 is 0 Å². The highest BCUT2D eigenvalue weighted by Gasteiger charge is 2.34. The molecule has 0 aliphatic heterocycles. The van der Waals surface area contributed by atoms with Gasteiger partial charge in [0.2, 0.25) is 0 Å². The van der Waals surface area contributed by atoms with Gasteiger partial charge in [0.15, 0.2) is 0 Å². The maximum absolute atomic E-state index is 12.6. The summed E-state index contributed by atoms with van der Waals surface area (Å²) in [4.78, 5) is 17.1. The lowest BCUT2D eigenvalue weighted by Gasteiger charge is -2.29. The lowest BCUT2D eigenvalue weighted by Crippen LogP contribution is -2.31. The number of carbonyl (C=O) groups excluding carboxylic acids is 1. The van der Waals surface area contributed by atoms with E-state index in [1.165, 1.54) is 0 Å². The van der Waals surface area contributed by atoms with Crippen LogP contribution in [-0.4, -0.2) is 25.8 Å². The molecule has 4 rings (SSSR count). The Hall–Kier alpha value is -2.56. The zero-order valence-electron chi connectivity index (χ0n) is 12.8. The molecular formula is C18H18N4O. The van der Waals surface area contributed by atoms with Crippen LogP contribution in [0.2, 0.25) is 0 Å². The minimum Gasteiger partial charge on any atom is -0.299 e. The van der Waals surface area contributed by atoms with Gasteiger partial charge in [0.25, 0.3) is 0 Å². The van der Waals surface area contributed by atoms with Crippen molar-refractivity contribution < 1.29 is 4.79 Å². The van der Waals surface area contributed by atoms with Gasteiger partial charge in [-0.2, -0.15) is 0 Å². The molecular weight excluding hydrogens is 288 g/mol. The van der Waals surface area contributed by atoms with Gasteiger partial charge in [-0.1, -0.05) is 29.8 Å². The number of para-hydroxylation sites is 1. The second kappa shape index (κ2) is 5.91. The molecule has 0 N–H and O–H groups in total. The Bertz CT molecular complexity index is 827. The largest absolute Gasteiger partial charge is 0.299 e. The fourth-order valence-electron chi connectivity index (χ4n) is 3.49. The Morgan fingerprint density at radius 2 is 1.96 bits per heavy atom. The number of hydrogen-bond acceptors (Lipinski definition) is 4. The number of Topliss-reactive ketones (excluding diaryl/α,β-unsaturated/α-hetero) is 1. The molecule has 3 aromatic rings. The first-order valence-corrected chi connectivity index (χ1v) is 8.08. The summed E-state index contributed by atoms with van der Waals surface area (Å²) in [6, 6.07) is 13.5. The van der Waals surface area contributed by atoms with E-state index in [4.69, 9.17) is 0 Å². The maximum atomic E-state index is 12.6. The summed E-state index contributed by atoms with van der Waals surface area (Å²) < 4.78 is 1.88. The van der Waals surface area contributed by atoms with Gasteiger partial charge in [-0.3, -0.25) is 9.78 Å². The van der Waals surface area contributed by atoms with Gasteiger partial charge >= 0.3 is 0 Å². The summed E-state index contributed by atoms with van der Waals surface area (Å²) in [6.45, 7) is 0. The van der Waals surface area contributed by atoms with Crippen LogP contribution in [0.15, 0.2) is 48.7 Å². The predicted octanol–water partition coefficient (Wildman–Crippen LogP) is 3.18. The lowest BCUT2D eigenvalue weighted by atomic mass is 9.81. The molecule has 5 heteroatoms. The van der Waals surface area contributed by atoms with E-state index < -0.39 is 0 Å². The molecule has 2 atom stereocenters. The van der Waals surface area contributed by atoms with Crippen molar-refractivity contribution in [3.63, 3.8) is 0 Å². The Labute approximate surface area is 134 Å². The van der Waals surface area contributed by atoms with Crippen molar-refractivity contribution in [3.8, 4) is 0 Å². The van der Waals surface area contributed by atoms with Crippen LogP contribution in [0.25, 0.3) is 11.0 Å². The molecule has 0 saturated heterocycles. The van der Waals surface area contributed by atoms with Crippen LogP contribution in [0.3, 0.4) is 0 Å². The summed E-state index contributed by atoms with van der Waals surface area (Å²) in [5.41, 5.74) is 2.67. The molecule has 116 valence electrons. The number of ketones is 1. The number of nitrogens with zero attached hydrogens (tertiary/aromatic N) is 4. The average Bonchev–Trinajstić information content (AvgIpc) is 3.02. The fourth-order valence-corrected chi connectivity index (χ4v) is 3.49. The number of pyridine rings is 1. The van der Waals surface area contributed by atoms with Crippen LogP contribution < -0.4 is 0 Å². The standard InChI is InChI=1S/C18H18N4O/c23-17-11-4-1-7-13(17)18(15-9-5-6-12-19-15)22-16-10-3-2-8-14(16)20-21-22/h2-3,5-6,8-10,12-13,18H,1,4,7,11H2/t13-,18-/m0/s1. The van der Waals surface area contributed by atoms with Gasteiger partial charge in [-0.25, -0.2) is 4.68 Å². The molecule has 1 saturated carbocycles. The van der Waals surface area contributed by atoms with E-state index in [1.807, 2.05) is 47.1 Å². The molecule has 0 unspecified atom stereocenters. The first-order valence-electron chi connectivity index (χ1n) is 8.08. The van der Waals surface area contributed by atoms with E-state index in [2.05, 4.69) is 15.3 Å². The van der Waals surface area contributed by atoms with Gasteiger partial charge in [0, 0.05) is 18.5 Å². The minimum absolute atomic E-state index is 0.0799. The third-order valence-electron chi connectivity index (χ3n) is 4.61. The van der Waals surface area contributed by atoms with Crippen LogP contribution in [0.5, 0.6) is 0 Å². The van der Waals surface area contributed by atoms with Crippen LogP contribution in [-0.2, 0) is 4.79 Å². The van der Waals surface area contributed by atoms with E-state index in [-0.39, 0.29) is 12.0 Å². The first-order chi connectivity index (χ1) is 11.3. The zero-order chi connectivity index (χ0) is 15.6. The second-order valence-electron chi connectivity index (χ2n) is 6.04. The summed E-state index contributed by atoms with van der Waals surface area (Å²) in [5.74, 6) is 0.232. The Balaban J connectivity index is 1.86. The van der Waals surface area contributed by atoms with E-state index >= 15 is 0 Å². The number of hydrogen-bond donors (Lipinski definition) is 0. The summed E-state index contributed by atoms with van der Waals surface area (Å²) >= 11 is 0. The van der Waals surface area contributed by atoms with Crippen molar-refractivity contribution in [2.24, 2.45) is 5.92 Å². The number of fused-ring (bicyclic) bond motifs is 1. The summed E-state index contributed by atoms with van der Waals surface area (Å²) in [6.07, 6.45) is 5.37. The monoisotopic (exact) mass is 306 g/mol. The van der Waals surface area contributed by atoms with Gasteiger partial charge in [0.05, 0.1) is 11.2 Å². The van der Waals surface area contributed by atoms with Crippen molar-refractivity contribution in [2.75, 3.05) is 0 Å². The number of aromatic nitrogens is 4. The van der Waals surface area contributed by atoms with Crippen molar-refractivity contribution in [1.29, 1.82) is 0 Å². The molecule has 5 nitrogen and oxygen atoms in total. The van der Waals surface area contributed by atoms with Crippen LogP contribution in [0.1, 0.15) is 37.4 Å². The predicted molar refractivity (Wildman–Crippen MR) is 86.9 cm³/mol. The molecule has 1 fully saturated rings. The molecule has 0 radical (unpaired) electrons. The highest BCUT2D eigenvalue weighted by Crippen LogP contribution is 2.35. The van der Waals surface area contributed by atoms with Crippen molar-refractivity contribution in [1.82, 2.24) is 20.0 Å². The molecule has 0 spiro atoms. The van der Waals surface area contributed by atoms with Crippen LogP contribution in [0, 0.1) is 5.92 Å². The van der Waals surface area contributed by atoms with Gasteiger partial charge < -0.3 is 0 Å². The summed E-state index contributed by atoms with van der Waals surface area (Å²) in [7, 11) is 0. The topological polar surface area (TPSA) is 60.7 Å². The SMILES string of the molecule is O=C1CCCC[C@@H]1[C@@H](c1ccccn1)n1nnc2ccccc21. The Kier molecular flexibility index (Phi) is 3.61. The lowest BCUT2D eigenvalue weighted by molar-refractivity contribution is -0.125. The van der Waals surface area contributed by atoms with E-state index in [1.54, 1.807) is 6.20 Å². The third-order valence-corrected chi connectivity index (χ3v) is 4.61. The first kappa shape index (κ1) is 14.1. The molecule has 0 bridgehead atoms. The number of carbonyl (C=O) groups is 1. The van der Waals surface area contributed by atoms with Crippen molar-refractivity contribution in [2.45, 2.75) is 31.7 Å². The summed E-state index contributed by atoms with van der Waals surface area (Å²) in [5, 5.41) is 8.61. The highest BCUT2D eigenvalue weighted by atomic mass is 16.1. The number of rotatable bonds is 3. The normalized spacial score (nSPS) is 19.8. The fraction of sp³-hybridized carbons (Fsp3) is 0.333. The second-order valence-corrected chi connectivity index (χ2v) is 6.04. The molecule has 0 amide bonds. The molecule has 23 heavy (non-hydrogen) atoms. The molecule has 1 aromatic carbocycles. The van der Waals surface area contributed by atoms with Gasteiger partial charge in [-0.05, 0) is 37.1 Å². The molecule has 1 aliphatic rings. The smallest absolute Gasteiger partial charge is 0.138 e. The van der Waals surface area contributed by atoms with Gasteiger partial charge in [0.1, 0.15) is 17.3 Å². The van der Waals surface area contributed by atoms with E-state index in [0.29, 0.717) is 12.2 Å². The third kappa shape index (κ3) is 2.52.